The molecule has 2 aromatic heterocycles. The van der Waals surface area contributed by atoms with Gasteiger partial charge in [0.15, 0.2) is 5.65 Å². The molecule has 2 rings (SSSR count). The summed E-state index contributed by atoms with van der Waals surface area (Å²) < 4.78 is 1.09. The third-order valence-electron chi connectivity index (χ3n) is 1.89. The first kappa shape index (κ1) is 10.7. The molecule has 0 aliphatic rings. The molecule has 2 heterocycles. The van der Waals surface area contributed by atoms with Gasteiger partial charge in [-0.2, -0.15) is 14.7 Å². The van der Waals surface area contributed by atoms with E-state index in [0.29, 0.717) is 10.7 Å². The van der Waals surface area contributed by atoms with Crippen LogP contribution in [0.3, 0.4) is 0 Å². The first-order chi connectivity index (χ1) is 7.58. The van der Waals surface area contributed by atoms with Crippen LogP contribution in [0.4, 0.5) is 0 Å². The summed E-state index contributed by atoms with van der Waals surface area (Å²) in [6, 6.07) is 3.22. The zero-order valence-electron chi connectivity index (χ0n) is 8.25. The van der Waals surface area contributed by atoms with Gasteiger partial charge in [-0.3, -0.25) is 4.79 Å². The largest absolute Gasteiger partial charge is 0.480 e. The average molecular weight is 240 g/mol. The minimum atomic E-state index is -0.925. The number of hydrogen-bond acceptors (Lipinski definition) is 5. The number of aliphatic carboxylic acids is 1. The molecular weight excluding hydrogens is 232 g/mol. The van der Waals surface area contributed by atoms with E-state index in [4.69, 9.17) is 5.11 Å². The van der Waals surface area contributed by atoms with Crippen LogP contribution in [-0.4, -0.2) is 36.1 Å². The van der Waals surface area contributed by atoms with Crippen molar-refractivity contribution < 1.29 is 9.90 Å². The van der Waals surface area contributed by atoms with Crippen molar-refractivity contribution in [3.8, 4) is 0 Å². The predicted octanol–water partition coefficient (Wildman–Crippen LogP) is -0.0172. The van der Waals surface area contributed by atoms with Gasteiger partial charge in [0.2, 0.25) is 0 Å². The number of thioether (sulfide) groups is 1. The lowest BCUT2D eigenvalue weighted by atomic mass is 10.5. The number of carbonyl (C=O) groups is 1. The third-order valence-corrected chi connectivity index (χ3v) is 2.91. The van der Waals surface area contributed by atoms with Crippen LogP contribution in [0.2, 0.25) is 0 Å². The van der Waals surface area contributed by atoms with E-state index in [0.717, 1.165) is 16.3 Å². The van der Waals surface area contributed by atoms with Crippen LogP contribution in [0.5, 0.6) is 0 Å². The summed E-state index contributed by atoms with van der Waals surface area (Å²) in [4.78, 5) is 21.9. The normalized spacial score (nSPS) is 12.8. The van der Waals surface area contributed by atoms with Crippen LogP contribution < -0.4 is 5.69 Å². The van der Waals surface area contributed by atoms with Crippen LogP contribution in [0.25, 0.3) is 5.65 Å². The van der Waals surface area contributed by atoms with Crippen molar-refractivity contribution in [3.05, 3.63) is 22.6 Å². The van der Waals surface area contributed by atoms with Crippen LogP contribution in [0.15, 0.2) is 22.0 Å². The Labute approximate surface area is 93.5 Å². The molecule has 0 aliphatic heterocycles. The van der Waals surface area contributed by atoms with E-state index in [2.05, 4.69) is 15.3 Å². The molecule has 0 spiro atoms. The zero-order valence-corrected chi connectivity index (χ0v) is 9.06. The third kappa shape index (κ3) is 1.91. The van der Waals surface area contributed by atoms with Crippen molar-refractivity contribution in [1.82, 2.24) is 19.8 Å². The molecule has 0 fully saturated rings. The Morgan fingerprint density at radius 2 is 2.38 bits per heavy atom. The standard InChI is InChI=1S/C8H8N4O3S/c1-4(7(13)14)16-6-3-2-5-9-10-8(15)12(5)11-6/h2-4H,1H3,(H,10,15)(H,13,14). The molecule has 0 amide bonds. The van der Waals surface area contributed by atoms with Gasteiger partial charge in [0.25, 0.3) is 0 Å². The Kier molecular flexibility index (Phi) is 2.65. The van der Waals surface area contributed by atoms with Crippen molar-refractivity contribution in [2.75, 3.05) is 0 Å². The van der Waals surface area contributed by atoms with Gasteiger partial charge in [-0.15, -0.1) is 0 Å². The molecule has 8 heteroatoms. The number of hydrogen-bond donors (Lipinski definition) is 2. The molecule has 1 unspecified atom stereocenters. The van der Waals surface area contributed by atoms with E-state index in [1.807, 2.05) is 0 Å². The quantitative estimate of drug-likeness (QED) is 0.731. The number of rotatable bonds is 3. The lowest BCUT2D eigenvalue weighted by Crippen LogP contribution is -2.15. The van der Waals surface area contributed by atoms with Gasteiger partial charge in [-0.1, -0.05) is 11.8 Å². The van der Waals surface area contributed by atoms with Crippen molar-refractivity contribution >= 4 is 23.4 Å². The summed E-state index contributed by atoms with van der Waals surface area (Å²) in [5.74, 6) is -0.925. The Morgan fingerprint density at radius 1 is 1.62 bits per heavy atom. The smallest absolute Gasteiger partial charge is 0.364 e. The minimum Gasteiger partial charge on any atom is -0.480 e. The van der Waals surface area contributed by atoms with Crippen molar-refractivity contribution in [3.63, 3.8) is 0 Å². The molecule has 2 N–H and O–H groups in total. The molecular formula is C8H8N4O3S. The van der Waals surface area contributed by atoms with Crippen LogP contribution in [-0.2, 0) is 4.79 Å². The summed E-state index contributed by atoms with van der Waals surface area (Å²) in [5.41, 5.74) is -0.0437. The van der Waals surface area contributed by atoms with Gasteiger partial charge >= 0.3 is 11.7 Å². The second-order valence-corrected chi connectivity index (χ2v) is 4.43. The summed E-state index contributed by atoms with van der Waals surface area (Å²) >= 11 is 1.07. The second kappa shape index (κ2) is 3.97. The lowest BCUT2D eigenvalue weighted by molar-refractivity contribution is -0.136. The SMILES string of the molecule is CC(Sc1ccc2n[nH]c(=O)n2n1)C(=O)O. The van der Waals surface area contributed by atoms with Gasteiger partial charge < -0.3 is 5.11 Å². The number of carboxylic acid groups (broad SMARTS) is 1. The maximum absolute atomic E-state index is 11.2. The maximum atomic E-state index is 11.2. The number of fused-ring (bicyclic) bond motifs is 1. The van der Waals surface area contributed by atoms with E-state index in [1.54, 1.807) is 19.1 Å². The summed E-state index contributed by atoms with van der Waals surface area (Å²) in [6.07, 6.45) is 0. The highest BCUT2D eigenvalue weighted by atomic mass is 32.2. The molecule has 16 heavy (non-hydrogen) atoms. The van der Waals surface area contributed by atoms with Gasteiger partial charge in [-0.05, 0) is 19.1 Å². The first-order valence-electron chi connectivity index (χ1n) is 4.42. The topological polar surface area (TPSA) is 100 Å². The lowest BCUT2D eigenvalue weighted by Gasteiger charge is -2.04. The Hall–Kier alpha value is -1.83. The van der Waals surface area contributed by atoms with Gasteiger partial charge in [0.05, 0.1) is 0 Å². The average Bonchev–Trinajstić information content (AvgIpc) is 2.60. The molecule has 0 radical (unpaired) electrons. The summed E-state index contributed by atoms with van der Waals surface area (Å²) in [5, 5.41) is 18.5. The Bertz CT molecular complexity index is 590. The molecule has 7 nitrogen and oxygen atoms in total. The van der Waals surface area contributed by atoms with E-state index >= 15 is 0 Å². The van der Waals surface area contributed by atoms with Crippen molar-refractivity contribution in [2.24, 2.45) is 0 Å². The summed E-state index contributed by atoms with van der Waals surface area (Å²) in [7, 11) is 0. The highest BCUT2D eigenvalue weighted by molar-refractivity contribution is 8.00. The monoisotopic (exact) mass is 240 g/mol. The van der Waals surface area contributed by atoms with Crippen LogP contribution in [0.1, 0.15) is 6.92 Å². The molecule has 0 saturated carbocycles. The highest BCUT2D eigenvalue weighted by Gasteiger charge is 2.14. The summed E-state index contributed by atoms with van der Waals surface area (Å²) in [6.45, 7) is 1.55. The molecule has 0 bridgehead atoms. The first-order valence-corrected chi connectivity index (χ1v) is 5.30. The molecule has 0 aromatic carbocycles. The Balaban J connectivity index is 2.35. The molecule has 0 aliphatic carbocycles. The molecule has 2 aromatic rings. The minimum absolute atomic E-state index is 0.400. The van der Waals surface area contributed by atoms with E-state index in [1.165, 1.54) is 0 Å². The second-order valence-electron chi connectivity index (χ2n) is 3.07. The van der Waals surface area contributed by atoms with Gasteiger partial charge in [0, 0.05) is 0 Å². The van der Waals surface area contributed by atoms with Crippen LogP contribution >= 0.6 is 11.8 Å². The van der Waals surface area contributed by atoms with E-state index < -0.39 is 16.9 Å². The van der Waals surface area contributed by atoms with Gasteiger partial charge in [0.1, 0.15) is 10.3 Å². The van der Waals surface area contributed by atoms with Crippen molar-refractivity contribution in [2.45, 2.75) is 17.2 Å². The van der Waals surface area contributed by atoms with Crippen LogP contribution in [0, 0.1) is 0 Å². The number of aromatic amines is 1. The number of carboxylic acids is 1. The fourth-order valence-electron chi connectivity index (χ4n) is 1.08. The fraction of sp³-hybridized carbons (Fsp3) is 0.250. The number of nitrogens with zero attached hydrogens (tertiary/aromatic N) is 3. The predicted molar refractivity (Wildman–Crippen MR) is 56.6 cm³/mol. The number of H-pyrrole nitrogens is 1. The van der Waals surface area contributed by atoms with E-state index in [-0.39, 0.29) is 0 Å². The van der Waals surface area contributed by atoms with Crippen molar-refractivity contribution in [1.29, 1.82) is 0 Å². The van der Waals surface area contributed by atoms with E-state index in [9.17, 15) is 9.59 Å². The molecule has 1 atom stereocenters. The number of nitrogens with one attached hydrogen (secondary N) is 1. The molecule has 84 valence electrons. The maximum Gasteiger partial charge on any atom is 0.364 e. The fourth-order valence-corrected chi connectivity index (χ4v) is 1.82. The van der Waals surface area contributed by atoms with Gasteiger partial charge in [-0.25, -0.2) is 9.89 Å². The number of aromatic nitrogens is 4. The zero-order chi connectivity index (χ0) is 11.7. The molecule has 0 saturated heterocycles. The highest BCUT2D eigenvalue weighted by Crippen LogP contribution is 2.20. The Morgan fingerprint density at radius 3 is 3.06 bits per heavy atom.